The molecule has 0 radical (unpaired) electrons. The van der Waals surface area contributed by atoms with Crippen LogP contribution in [0, 0.1) is 17.3 Å². The van der Waals surface area contributed by atoms with Gasteiger partial charge in [0, 0.05) is 54.0 Å². The fourth-order valence-corrected chi connectivity index (χ4v) is 7.32. The maximum absolute atomic E-state index is 13.0. The van der Waals surface area contributed by atoms with Crippen molar-refractivity contribution in [3.63, 3.8) is 0 Å². The van der Waals surface area contributed by atoms with Crippen LogP contribution in [0.2, 0.25) is 0 Å². The summed E-state index contributed by atoms with van der Waals surface area (Å²) in [4.78, 5) is 17.5. The molecule has 2 aromatic rings. The highest BCUT2D eigenvalue weighted by atomic mass is 32.1. The van der Waals surface area contributed by atoms with E-state index >= 15 is 0 Å². The molecular formula is C27H35F3N2OS. The molecule has 3 aliphatic rings. The van der Waals surface area contributed by atoms with Gasteiger partial charge >= 0.3 is 6.18 Å². The van der Waals surface area contributed by atoms with Crippen molar-refractivity contribution in [3.05, 3.63) is 29.1 Å². The van der Waals surface area contributed by atoms with Crippen molar-refractivity contribution in [2.24, 2.45) is 17.3 Å². The van der Waals surface area contributed by atoms with Crippen LogP contribution in [0.5, 0.6) is 0 Å². The van der Waals surface area contributed by atoms with Gasteiger partial charge in [0.05, 0.1) is 11.3 Å². The molecule has 0 bridgehead atoms. The van der Waals surface area contributed by atoms with Gasteiger partial charge in [0.2, 0.25) is 0 Å². The van der Waals surface area contributed by atoms with Gasteiger partial charge in [-0.3, -0.25) is 9.69 Å². The number of Topliss-reactive ketones (excluding diaryl/α,β-unsaturated/α-hetero) is 1. The maximum Gasteiger partial charge on any atom is 0.416 e. The van der Waals surface area contributed by atoms with Crippen molar-refractivity contribution < 1.29 is 18.0 Å². The summed E-state index contributed by atoms with van der Waals surface area (Å²) in [6.45, 7) is 6.83. The molecule has 3 fully saturated rings. The minimum Gasteiger partial charge on any atom is -0.368 e. The quantitative estimate of drug-likeness (QED) is 0.416. The van der Waals surface area contributed by atoms with E-state index in [-0.39, 0.29) is 0 Å². The van der Waals surface area contributed by atoms with Crippen LogP contribution in [-0.2, 0) is 11.0 Å². The summed E-state index contributed by atoms with van der Waals surface area (Å²) in [5.41, 5.74) is 0.831. The average Bonchev–Trinajstić information content (AvgIpc) is 3.36. The molecule has 1 saturated heterocycles. The highest BCUT2D eigenvalue weighted by molar-refractivity contribution is 7.17. The molecule has 5 rings (SSSR count). The molecular weight excluding hydrogens is 457 g/mol. The van der Waals surface area contributed by atoms with Crippen molar-refractivity contribution in [2.45, 2.75) is 64.5 Å². The molecule has 1 spiro atoms. The van der Waals surface area contributed by atoms with Crippen LogP contribution in [0.1, 0.15) is 63.9 Å². The lowest BCUT2D eigenvalue weighted by Gasteiger charge is -2.36. The summed E-state index contributed by atoms with van der Waals surface area (Å²) >= 11 is 1.38. The Hall–Kier alpha value is -1.60. The van der Waals surface area contributed by atoms with Gasteiger partial charge in [-0.1, -0.05) is 19.4 Å². The third-order valence-electron chi connectivity index (χ3n) is 8.75. The number of anilines is 1. The van der Waals surface area contributed by atoms with Crippen LogP contribution in [-0.4, -0.2) is 43.4 Å². The Labute approximate surface area is 204 Å². The van der Waals surface area contributed by atoms with Crippen molar-refractivity contribution >= 4 is 32.9 Å². The first kappa shape index (κ1) is 24.1. The summed E-state index contributed by atoms with van der Waals surface area (Å²) in [5, 5.41) is 2.89. The third-order valence-corrected chi connectivity index (χ3v) is 9.68. The number of fused-ring (bicyclic) bond motifs is 1. The number of carbonyl (C=O) groups excluding carboxylic acids is 1. The zero-order chi connectivity index (χ0) is 23.9. The fourth-order valence-electron chi connectivity index (χ4n) is 6.32. The lowest BCUT2D eigenvalue weighted by atomic mass is 9.77. The number of piperazine rings is 1. The van der Waals surface area contributed by atoms with Crippen molar-refractivity contribution in [3.8, 4) is 0 Å². The second-order valence-corrected chi connectivity index (χ2v) is 11.6. The number of rotatable bonds is 7. The Bertz CT molecular complexity index is 1020. The van der Waals surface area contributed by atoms with Crippen LogP contribution in [0.4, 0.5) is 18.9 Å². The molecule has 0 amide bonds. The second kappa shape index (κ2) is 9.45. The van der Waals surface area contributed by atoms with E-state index in [0.29, 0.717) is 28.2 Å². The number of nitrogens with zero attached hydrogens (tertiary/aromatic N) is 2. The fraction of sp³-hybridized carbons (Fsp3) is 0.667. The van der Waals surface area contributed by atoms with E-state index in [1.807, 2.05) is 5.38 Å². The standard InChI is InChI=1S/C27H35F3N2OS/c1-2-19-7-9-26(10-8-19)17-22(26)24(33)4-3-11-31-12-14-32(15-13-31)23-18-34-25-16-20(27(28,29)30)5-6-21(23)25/h5-6,16,18-19,22H,2-4,7-15,17H2,1H3/t19?,22-,26?/m1/s1. The van der Waals surface area contributed by atoms with Crippen LogP contribution in [0.25, 0.3) is 10.1 Å². The van der Waals surface area contributed by atoms with Gasteiger partial charge in [0.25, 0.3) is 0 Å². The van der Waals surface area contributed by atoms with E-state index in [9.17, 15) is 18.0 Å². The van der Waals surface area contributed by atoms with E-state index in [1.54, 1.807) is 6.07 Å². The minimum atomic E-state index is -4.31. The van der Waals surface area contributed by atoms with Crippen molar-refractivity contribution in [1.82, 2.24) is 4.90 Å². The molecule has 1 atom stereocenters. The number of benzene rings is 1. The number of ketones is 1. The van der Waals surface area contributed by atoms with Gasteiger partial charge in [0.15, 0.2) is 0 Å². The number of hydrogen-bond donors (Lipinski definition) is 0. The maximum atomic E-state index is 13.0. The molecule has 0 unspecified atom stereocenters. The van der Waals surface area contributed by atoms with E-state index in [2.05, 4.69) is 16.7 Å². The number of carbonyl (C=O) groups is 1. The van der Waals surface area contributed by atoms with Crippen LogP contribution < -0.4 is 4.90 Å². The van der Waals surface area contributed by atoms with Gasteiger partial charge in [-0.15, -0.1) is 11.3 Å². The smallest absolute Gasteiger partial charge is 0.368 e. The minimum absolute atomic E-state index is 0.340. The number of thiophene rings is 1. The molecule has 3 nitrogen and oxygen atoms in total. The highest BCUT2D eigenvalue weighted by Crippen LogP contribution is 2.63. The summed E-state index contributed by atoms with van der Waals surface area (Å²) in [7, 11) is 0. The zero-order valence-corrected chi connectivity index (χ0v) is 20.8. The monoisotopic (exact) mass is 492 g/mol. The summed E-state index contributed by atoms with van der Waals surface area (Å²) in [5.74, 6) is 1.72. The Balaban J connectivity index is 1.07. The van der Waals surface area contributed by atoms with Gasteiger partial charge in [-0.2, -0.15) is 13.2 Å². The van der Waals surface area contributed by atoms with Crippen LogP contribution in [0.15, 0.2) is 23.6 Å². The molecule has 186 valence electrons. The number of alkyl halides is 3. The van der Waals surface area contributed by atoms with E-state index < -0.39 is 11.7 Å². The number of halogens is 3. The van der Waals surface area contributed by atoms with Crippen molar-refractivity contribution in [1.29, 1.82) is 0 Å². The van der Waals surface area contributed by atoms with Crippen molar-refractivity contribution in [2.75, 3.05) is 37.6 Å². The highest BCUT2D eigenvalue weighted by Gasteiger charge is 2.57. The van der Waals surface area contributed by atoms with E-state index in [1.165, 1.54) is 55.6 Å². The molecule has 7 heteroatoms. The molecule has 34 heavy (non-hydrogen) atoms. The lowest BCUT2D eigenvalue weighted by Crippen LogP contribution is -2.46. The van der Waals surface area contributed by atoms with E-state index in [4.69, 9.17) is 0 Å². The largest absolute Gasteiger partial charge is 0.416 e. The second-order valence-electron chi connectivity index (χ2n) is 10.7. The first-order valence-electron chi connectivity index (χ1n) is 12.9. The lowest BCUT2D eigenvalue weighted by molar-refractivity contribution is -0.137. The Morgan fingerprint density at radius 1 is 1.15 bits per heavy atom. The first-order valence-corrected chi connectivity index (χ1v) is 13.8. The normalized spacial score (nSPS) is 28.1. The Morgan fingerprint density at radius 3 is 2.56 bits per heavy atom. The van der Waals surface area contributed by atoms with Gasteiger partial charge < -0.3 is 4.90 Å². The van der Waals surface area contributed by atoms with Gasteiger partial charge in [-0.25, -0.2) is 0 Å². The summed E-state index contributed by atoms with van der Waals surface area (Å²) in [6, 6.07) is 4.06. The first-order chi connectivity index (χ1) is 16.3. The van der Waals surface area contributed by atoms with E-state index in [0.717, 1.165) is 62.6 Å². The van der Waals surface area contributed by atoms with Gasteiger partial charge in [0.1, 0.15) is 5.78 Å². The predicted octanol–water partition coefficient (Wildman–Crippen LogP) is 7.00. The average molecular weight is 493 g/mol. The topological polar surface area (TPSA) is 23.6 Å². The Morgan fingerprint density at radius 2 is 1.88 bits per heavy atom. The van der Waals surface area contributed by atoms with Crippen LogP contribution in [0.3, 0.4) is 0 Å². The molecule has 2 aliphatic carbocycles. The van der Waals surface area contributed by atoms with Gasteiger partial charge in [-0.05, 0) is 68.5 Å². The number of hydrogen-bond acceptors (Lipinski definition) is 4. The zero-order valence-electron chi connectivity index (χ0n) is 20.0. The summed E-state index contributed by atoms with van der Waals surface area (Å²) < 4.78 is 39.7. The Kier molecular flexibility index (Phi) is 6.70. The molecule has 1 aromatic carbocycles. The molecule has 0 N–H and O–H groups in total. The predicted molar refractivity (Wildman–Crippen MR) is 133 cm³/mol. The molecule has 1 aliphatic heterocycles. The summed E-state index contributed by atoms with van der Waals surface area (Å²) in [6.07, 6.45) is 4.91. The molecule has 1 aromatic heterocycles. The van der Waals surface area contributed by atoms with Crippen LogP contribution >= 0.6 is 11.3 Å². The molecule has 2 heterocycles. The SMILES string of the molecule is CCC1CCC2(CC1)C[C@@H]2C(=O)CCCN1CCN(c2csc3cc(C(F)(F)F)ccc23)CC1. The molecule has 2 saturated carbocycles. The third kappa shape index (κ3) is 4.88.